The Kier molecular flexibility index (Phi) is 9.07. The summed E-state index contributed by atoms with van der Waals surface area (Å²) in [6, 6.07) is 10.6. The first kappa shape index (κ1) is 18.4. The van der Waals surface area contributed by atoms with E-state index in [0.717, 1.165) is 32.8 Å². The molecule has 0 atom stereocenters. The van der Waals surface area contributed by atoms with Gasteiger partial charge in [-0.25, -0.2) is 0 Å². The van der Waals surface area contributed by atoms with Crippen molar-refractivity contribution in [1.82, 2.24) is 4.90 Å². The molecule has 0 aliphatic rings. The minimum atomic E-state index is 0. The maximum absolute atomic E-state index is 5.85. The van der Waals surface area contributed by atoms with Crippen LogP contribution in [0.5, 0.6) is 0 Å². The van der Waals surface area contributed by atoms with Gasteiger partial charge < -0.3 is 9.64 Å². The molecule has 0 N–H and O–H groups in total. The van der Waals surface area contributed by atoms with Gasteiger partial charge in [0.1, 0.15) is 0 Å². The van der Waals surface area contributed by atoms with Gasteiger partial charge in [-0.2, -0.15) is 0 Å². The molecule has 0 bridgehead atoms. The van der Waals surface area contributed by atoms with Crippen molar-refractivity contribution in [3.8, 4) is 0 Å². The Morgan fingerprint density at radius 2 is 1.63 bits per heavy atom. The first-order valence-corrected chi connectivity index (χ1v) is 6.95. The van der Waals surface area contributed by atoms with Gasteiger partial charge in [0.25, 0.3) is 0 Å². The van der Waals surface area contributed by atoms with Gasteiger partial charge in [-0.3, -0.25) is 0 Å². The molecule has 0 saturated carbocycles. The number of likely N-dealkylation sites (N-methyl/N-ethyl adjacent to an activating group) is 1. The van der Waals surface area contributed by atoms with E-state index in [1.165, 1.54) is 5.56 Å². The summed E-state index contributed by atoms with van der Waals surface area (Å²) in [6.45, 7) is 13.7. The predicted molar refractivity (Wildman–Crippen MR) is 85.3 cm³/mol. The number of hydrogen-bond acceptors (Lipinski definition) is 2. The van der Waals surface area contributed by atoms with Crippen LogP contribution >= 0.6 is 12.4 Å². The largest absolute Gasteiger partial charge is 0.379 e. The molecule has 0 aliphatic carbocycles. The molecule has 0 amide bonds. The van der Waals surface area contributed by atoms with E-state index in [4.69, 9.17) is 4.74 Å². The van der Waals surface area contributed by atoms with Gasteiger partial charge in [-0.05, 0) is 18.7 Å². The molecule has 2 nitrogen and oxygen atoms in total. The third-order valence-corrected chi connectivity index (χ3v) is 3.46. The maximum Gasteiger partial charge on any atom is 0.0593 e. The summed E-state index contributed by atoms with van der Waals surface area (Å²) in [4.78, 5) is 2.38. The third-order valence-electron chi connectivity index (χ3n) is 3.46. The van der Waals surface area contributed by atoms with E-state index >= 15 is 0 Å². The quantitative estimate of drug-likeness (QED) is 0.675. The van der Waals surface area contributed by atoms with Crippen LogP contribution < -0.4 is 0 Å². The van der Waals surface area contributed by atoms with Gasteiger partial charge in [-0.1, -0.05) is 58.0 Å². The van der Waals surface area contributed by atoms with Crippen LogP contribution in [0.15, 0.2) is 30.3 Å². The SMILES string of the molecule is CCN(CC)CCOCC(C)(C)c1ccccc1.Cl. The molecule has 0 fully saturated rings. The molecular formula is C16H28ClNO. The Bertz CT molecular complexity index is 323. The van der Waals surface area contributed by atoms with E-state index in [-0.39, 0.29) is 17.8 Å². The summed E-state index contributed by atoms with van der Waals surface area (Å²) >= 11 is 0. The average Bonchev–Trinajstić information content (AvgIpc) is 2.40. The van der Waals surface area contributed by atoms with Gasteiger partial charge in [0.2, 0.25) is 0 Å². The van der Waals surface area contributed by atoms with Gasteiger partial charge in [0.15, 0.2) is 0 Å². The summed E-state index contributed by atoms with van der Waals surface area (Å²) in [6.07, 6.45) is 0. The zero-order chi connectivity index (χ0) is 13.4. The van der Waals surface area contributed by atoms with Crippen LogP contribution in [0, 0.1) is 0 Å². The van der Waals surface area contributed by atoms with Crippen molar-refractivity contribution in [2.75, 3.05) is 32.8 Å². The molecule has 0 aromatic heterocycles. The Morgan fingerprint density at radius 1 is 1.05 bits per heavy atom. The topological polar surface area (TPSA) is 12.5 Å². The molecule has 1 aromatic rings. The van der Waals surface area contributed by atoms with Crippen LogP contribution in [-0.2, 0) is 10.2 Å². The fraction of sp³-hybridized carbons (Fsp3) is 0.625. The molecule has 19 heavy (non-hydrogen) atoms. The highest BCUT2D eigenvalue weighted by Gasteiger charge is 2.20. The molecule has 0 aliphatic heterocycles. The third kappa shape index (κ3) is 6.42. The summed E-state index contributed by atoms with van der Waals surface area (Å²) in [5.41, 5.74) is 1.43. The van der Waals surface area contributed by atoms with Gasteiger partial charge in [-0.15, -0.1) is 12.4 Å². The molecule has 0 heterocycles. The van der Waals surface area contributed by atoms with Crippen molar-refractivity contribution in [2.45, 2.75) is 33.1 Å². The van der Waals surface area contributed by atoms with E-state index in [0.29, 0.717) is 0 Å². The highest BCUT2D eigenvalue weighted by molar-refractivity contribution is 5.85. The zero-order valence-electron chi connectivity index (χ0n) is 12.7. The predicted octanol–water partition coefficient (Wildman–Crippen LogP) is 3.74. The number of hydrogen-bond donors (Lipinski definition) is 0. The Labute approximate surface area is 124 Å². The van der Waals surface area contributed by atoms with E-state index in [1.807, 2.05) is 0 Å². The average molecular weight is 286 g/mol. The lowest BCUT2D eigenvalue weighted by molar-refractivity contribution is 0.0759. The Morgan fingerprint density at radius 3 is 2.16 bits per heavy atom. The van der Waals surface area contributed by atoms with Crippen LogP contribution in [0.1, 0.15) is 33.3 Å². The number of rotatable bonds is 8. The summed E-state index contributed by atoms with van der Waals surface area (Å²) in [5.74, 6) is 0. The van der Waals surface area contributed by atoms with Crippen molar-refractivity contribution in [2.24, 2.45) is 0 Å². The molecule has 0 radical (unpaired) electrons. The fourth-order valence-corrected chi connectivity index (χ4v) is 2.03. The summed E-state index contributed by atoms with van der Waals surface area (Å²) < 4.78 is 5.85. The number of nitrogens with zero attached hydrogens (tertiary/aromatic N) is 1. The van der Waals surface area contributed by atoms with Crippen LogP contribution in [0.25, 0.3) is 0 Å². The van der Waals surface area contributed by atoms with E-state index in [2.05, 4.69) is 62.9 Å². The standard InChI is InChI=1S/C16H27NO.ClH/c1-5-17(6-2)12-13-18-14-16(3,4)15-10-8-7-9-11-15;/h7-11H,5-6,12-14H2,1-4H3;1H. The lowest BCUT2D eigenvalue weighted by Gasteiger charge is -2.26. The smallest absolute Gasteiger partial charge is 0.0593 e. The second-order valence-corrected chi connectivity index (χ2v) is 5.33. The molecule has 3 heteroatoms. The van der Waals surface area contributed by atoms with E-state index < -0.39 is 0 Å². The first-order chi connectivity index (χ1) is 8.60. The Hall–Kier alpha value is -0.570. The van der Waals surface area contributed by atoms with Crippen LogP contribution in [0.3, 0.4) is 0 Å². The zero-order valence-corrected chi connectivity index (χ0v) is 13.5. The number of ether oxygens (including phenoxy) is 1. The highest BCUT2D eigenvalue weighted by atomic mass is 35.5. The van der Waals surface area contributed by atoms with Crippen LogP contribution in [-0.4, -0.2) is 37.7 Å². The van der Waals surface area contributed by atoms with Crippen molar-refractivity contribution < 1.29 is 4.74 Å². The number of benzene rings is 1. The van der Waals surface area contributed by atoms with Crippen LogP contribution in [0.2, 0.25) is 0 Å². The minimum absolute atomic E-state index is 0. The Balaban J connectivity index is 0.00000324. The molecule has 0 saturated heterocycles. The van der Waals surface area contributed by atoms with Crippen molar-refractivity contribution in [3.63, 3.8) is 0 Å². The lowest BCUT2D eigenvalue weighted by Crippen LogP contribution is -2.30. The molecule has 0 unspecified atom stereocenters. The second kappa shape index (κ2) is 9.35. The second-order valence-electron chi connectivity index (χ2n) is 5.33. The monoisotopic (exact) mass is 285 g/mol. The maximum atomic E-state index is 5.85. The molecule has 110 valence electrons. The summed E-state index contributed by atoms with van der Waals surface area (Å²) in [5, 5.41) is 0. The molecule has 1 aromatic carbocycles. The van der Waals surface area contributed by atoms with E-state index in [9.17, 15) is 0 Å². The van der Waals surface area contributed by atoms with Crippen molar-refractivity contribution >= 4 is 12.4 Å². The summed E-state index contributed by atoms with van der Waals surface area (Å²) in [7, 11) is 0. The molecule has 1 rings (SSSR count). The molecule has 0 spiro atoms. The van der Waals surface area contributed by atoms with Crippen molar-refractivity contribution in [3.05, 3.63) is 35.9 Å². The minimum Gasteiger partial charge on any atom is -0.379 e. The molecular weight excluding hydrogens is 258 g/mol. The normalized spacial score (nSPS) is 11.4. The van der Waals surface area contributed by atoms with E-state index in [1.54, 1.807) is 0 Å². The van der Waals surface area contributed by atoms with Gasteiger partial charge >= 0.3 is 0 Å². The van der Waals surface area contributed by atoms with Crippen molar-refractivity contribution in [1.29, 1.82) is 0 Å². The highest BCUT2D eigenvalue weighted by Crippen LogP contribution is 2.22. The van der Waals surface area contributed by atoms with Gasteiger partial charge in [0, 0.05) is 12.0 Å². The van der Waals surface area contributed by atoms with Gasteiger partial charge in [0.05, 0.1) is 13.2 Å². The van der Waals surface area contributed by atoms with Crippen LogP contribution in [0.4, 0.5) is 0 Å². The number of halogens is 1. The lowest BCUT2D eigenvalue weighted by atomic mass is 9.86. The fourth-order valence-electron chi connectivity index (χ4n) is 2.03. The first-order valence-electron chi connectivity index (χ1n) is 6.95.